The number of benzene rings is 2. The fraction of sp³-hybridized carbons (Fsp3) is 0.300. The molecule has 2 aromatic rings. The zero-order valence-electron chi connectivity index (χ0n) is 13.5. The number of esters is 1. The van der Waals surface area contributed by atoms with Gasteiger partial charge in [0.1, 0.15) is 6.61 Å². The predicted octanol–water partition coefficient (Wildman–Crippen LogP) is 3.18. The Morgan fingerprint density at radius 3 is 2.42 bits per heavy atom. The van der Waals surface area contributed by atoms with Crippen molar-refractivity contribution < 1.29 is 14.3 Å². The normalized spacial score (nSPS) is 19.8. The molecule has 1 saturated heterocycles. The molecule has 0 bridgehead atoms. The lowest BCUT2D eigenvalue weighted by Crippen LogP contribution is -2.29. The van der Waals surface area contributed by atoms with Crippen LogP contribution in [0.1, 0.15) is 36.3 Å². The Morgan fingerprint density at radius 1 is 1.04 bits per heavy atom. The van der Waals surface area contributed by atoms with Gasteiger partial charge in [0.25, 0.3) is 0 Å². The summed E-state index contributed by atoms with van der Waals surface area (Å²) in [6.07, 6.45) is 1.38. The van der Waals surface area contributed by atoms with Gasteiger partial charge in [-0.05, 0) is 17.5 Å². The van der Waals surface area contributed by atoms with Crippen LogP contribution >= 0.6 is 0 Å². The number of ether oxygens (including phenoxy) is 1. The Kier molecular flexibility index (Phi) is 5.26. The second kappa shape index (κ2) is 7.77. The van der Waals surface area contributed by atoms with E-state index in [4.69, 9.17) is 4.74 Å². The van der Waals surface area contributed by atoms with Gasteiger partial charge in [0.05, 0.1) is 0 Å². The monoisotopic (exact) mass is 323 g/mol. The number of nitrogens with one attached hydrogen (secondary N) is 1. The highest BCUT2D eigenvalue weighted by Gasteiger charge is 2.33. The molecule has 24 heavy (non-hydrogen) atoms. The first kappa shape index (κ1) is 16.2. The van der Waals surface area contributed by atoms with Crippen molar-refractivity contribution in [3.05, 3.63) is 71.8 Å². The smallest absolute Gasteiger partial charge is 0.306 e. The summed E-state index contributed by atoms with van der Waals surface area (Å²) in [6.45, 7) is 0.290. The zero-order chi connectivity index (χ0) is 16.8. The summed E-state index contributed by atoms with van der Waals surface area (Å²) < 4.78 is 5.30. The SMILES string of the molecule is O=C1CC(c2ccccc2)C(CCC(=O)OCc2ccccc2)N1. The number of rotatable bonds is 6. The maximum Gasteiger partial charge on any atom is 0.306 e. The van der Waals surface area contributed by atoms with Crippen molar-refractivity contribution in [3.63, 3.8) is 0 Å². The summed E-state index contributed by atoms with van der Waals surface area (Å²) in [7, 11) is 0. The molecule has 1 fully saturated rings. The van der Waals surface area contributed by atoms with E-state index in [-0.39, 0.29) is 23.8 Å². The number of hydrogen-bond acceptors (Lipinski definition) is 3. The lowest BCUT2D eigenvalue weighted by Gasteiger charge is -2.18. The van der Waals surface area contributed by atoms with Gasteiger partial charge in [-0.25, -0.2) is 0 Å². The van der Waals surface area contributed by atoms with Crippen molar-refractivity contribution >= 4 is 11.9 Å². The molecule has 0 spiro atoms. The van der Waals surface area contributed by atoms with Crippen LogP contribution < -0.4 is 5.32 Å². The summed E-state index contributed by atoms with van der Waals surface area (Å²) in [6, 6.07) is 19.6. The molecule has 0 aromatic heterocycles. The third kappa shape index (κ3) is 4.22. The minimum absolute atomic E-state index is 0.0100. The van der Waals surface area contributed by atoms with Crippen LogP contribution in [0.25, 0.3) is 0 Å². The average molecular weight is 323 g/mol. The van der Waals surface area contributed by atoms with Crippen molar-refractivity contribution in [1.29, 1.82) is 0 Å². The molecule has 1 aliphatic heterocycles. The van der Waals surface area contributed by atoms with E-state index in [2.05, 4.69) is 5.32 Å². The molecular weight excluding hydrogens is 302 g/mol. The van der Waals surface area contributed by atoms with Gasteiger partial charge in [-0.15, -0.1) is 0 Å². The van der Waals surface area contributed by atoms with Crippen molar-refractivity contribution in [3.8, 4) is 0 Å². The third-order valence-electron chi connectivity index (χ3n) is 4.37. The quantitative estimate of drug-likeness (QED) is 0.831. The van der Waals surface area contributed by atoms with E-state index in [0.29, 0.717) is 25.9 Å². The van der Waals surface area contributed by atoms with E-state index in [1.165, 1.54) is 0 Å². The Labute approximate surface area is 141 Å². The molecule has 0 saturated carbocycles. The predicted molar refractivity (Wildman–Crippen MR) is 91.2 cm³/mol. The number of carbonyl (C=O) groups excluding carboxylic acids is 2. The van der Waals surface area contributed by atoms with Crippen molar-refractivity contribution in [2.45, 2.75) is 37.8 Å². The first-order valence-corrected chi connectivity index (χ1v) is 8.26. The van der Waals surface area contributed by atoms with E-state index >= 15 is 0 Å². The topological polar surface area (TPSA) is 55.4 Å². The minimum atomic E-state index is -0.230. The third-order valence-corrected chi connectivity index (χ3v) is 4.37. The molecule has 1 aliphatic rings. The Balaban J connectivity index is 1.51. The molecule has 2 atom stereocenters. The largest absolute Gasteiger partial charge is 0.461 e. The van der Waals surface area contributed by atoms with Gasteiger partial charge in [0.2, 0.25) is 5.91 Å². The molecule has 124 valence electrons. The second-order valence-electron chi connectivity index (χ2n) is 6.08. The van der Waals surface area contributed by atoms with Crippen LogP contribution in [0, 0.1) is 0 Å². The van der Waals surface area contributed by atoms with E-state index < -0.39 is 0 Å². The highest BCUT2D eigenvalue weighted by Crippen LogP contribution is 2.30. The maximum absolute atomic E-state index is 12.0. The maximum atomic E-state index is 12.0. The fourth-order valence-electron chi connectivity index (χ4n) is 3.12. The molecule has 4 heteroatoms. The van der Waals surface area contributed by atoms with E-state index in [1.807, 2.05) is 60.7 Å². The van der Waals surface area contributed by atoms with Crippen LogP contribution in [-0.2, 0) is 20.9 Å². The molecule has 2 aromatic carbocycles. The van der Waals surface area contributed by atoms with Gasteiger partial charge in [-0.2, -0.15) is 0 Å². The minimum Gasteiger partial charge on any atom is -0.461 e. The lowest BCUT2D eigenvalue weighted by atomic mass is 9.89. The van der Waals surface area contributed by atoms with Gasteiger partial charge in [0, 0.05) is 24.8 Å². The standard InChI is InChI=1S/C20H21NO3/c22-19-13-17(16-9-5-2-6-10-16)18(21-19)11-12-20(23)24-14-15-7-3-1-4-8-15/h1-10,17-18H,11-14H2,(H,21,22). The highest BCUT2D eigenvalue weighted by atomic mass is 16.5. The molecule has 1 heterocycles. The summed E-state index contributed by atoms with van der Waals surface area (Å²) in [4.78, 5) is 23.7. The van der Waals surface area contributed by atoms with Gasteiger partial charge < -0.3 is 10.1 Å². The summed E-state index contributed by atoms with van der Waals surface area (Å²) in [5.74, 6) is -0.0565. The van der Waals surface area contributed by atoms with Crippen LogP contribution in [0.4, 0.5) is 0 Å². The van der Waals surface area contributed by atoms with Crippen LogP contribution in [0.2, 0.25) is 0 Å². The second-order valence-corrected chi connectivity index (χ2v) is 6.08. The van der Waals surface area contributed by atoms with Crippen LogP contribution in [0.15, 0.2) is 60.7 Å². The van der Waals surface area contributed by atoms with E-state index in [0.717, 1.165) is 11.1 Å². The molecule has 0 aliphatic carbocycles. The Hall–Kier alpha value is -2.62. The van der Waals surface area contributed by atoms with Gasteiger partial charge in [0.15, 0.2) is 0 Å². The number of hydrogen-bond donors (Lipinski definition) is 1. The molecule has 1 amide bonds. The average Bonchev–Trinajstić information content (AvgIpc) is 3.00. The Morgan fingerprint density at radius 2 is 1.71 bits per heavy atom. The van der Waals surface area contributed by atoms with Crippen molar-refractivity contribution in [2.24, 2.45) is 0 Å². The Bertz CT molecular complexity index is 685. The van der Waals surface area contributed by atoms with Gasteiger partial charge in [-0.1, -0.05) is 60.7 Å². The van der Waals surface area contributed by atoms with Crippen LogP contribution in [0.5, 0.6) is 0 Å². The zero-order valence-corrected chi connectivity index (χ0v) is 13.5. The lowest BCUT2D eigenvalue weighted by molar-refractivity contribution is -0.145. The summed E-state index contributed by atoms with van der Waals surface area (Å²) in [5, 5.41) is 2.98. The molecular formula is C20H21NO3. The van der Waals surface area contributed by atoms with Crippen molar-refractivity contribution in [2.75, 3.05) is 0 Å². The number of amides is 1. The summed E-state index contributed by atoms with van der Waals surface area (Å²) >= 11 is 0. The molecule has 2 unspecified atom stereocenters. The molecule has 1 N–H and O–H groups in total. The van der Waals surface area contributed by atoms with E-state index in [1.54, 1.807) is 0 Å². The molecule has 0 radical (unpaired) electrons. The molecule has 3 rings (SSSR count). The van der Waals surface area contributed by atoms with Crippen LogP contribution in [-0.4, -0.2) is 17.9 Å². The van der Waals surface area contributed by atoms with Crippen molar-refractivity contribution in [1.82, 2.24) is 5.32 Å². The molecule has 4 nitrogen and oxygen atoms in total. The first-order valence-electron chi connectivity index (χ1n) is 8.26. The first-order chi connectivity index (χ1) is 11.7. The fourth-order valence-corrected chi connectivity index (χ4v) is 3.12. The van der Waals surface area contributed by atoms with Crippen LogP contribution in [0.3, 0.4) is 0 Å². The van der Waals surface area contributed by atoms with Gasteiger partial charge in [-0.3, -0.25) is 9.59 Å². The van der Waals surface area contributed by atoms with E-state index in [9.17, 15) is 9.59 Å². The highest BCUT2D eigenvalue weighted by molar-refractivity contribution is 5.80. The number of carbonyl (C=O) groups is 2. The van der Waals surface area contributed by atoms with Gasteiger partial charge >= 0.3 is 5.97 Å². The summed E-state index contributed by atoms with van der Waals surface area (Å²) in [5.41, 5.74) is 2.11.